The number of aliphatic hydroxyl groups excluding tert-OH is 2. The number of fused-ring (bicyclic) bond motifs is 1. The standard InChI is InChI=1S/C31H41N2O2/c1-25-15-11-12-20-32(21-13-23-34)28(30(25,2)3)18-7-6-8-19-29-31(4,5)26-16-9-10-17-27(26)33(29)22-14-24-35/h6-12,15-20,34-35H,1,13-14,21-24H2,2-5H3/q+1/b15-11-,20-12-. The van der Waals surface area contributed by atoms with Crippen LogP contribution < -0.4 is 4.90 Å². The Morgan fingerprint density at radius 2 is 1.69 bits per heavy atom. The molecule has 1 aromatic rings. The minimum absolute atomic E-state index is 0.105. The lowest BCUT2D eigenvalue weighted by atomic mass is 9.79. The lowest BCUT2D eigenvalue weighted by Crippen LogP contribution is -2.32. The molecule has 2 aliphatic rings. The molecule has 0 amide bonds. The number of allylic oxidation sites excluding steroid dienone is 10. The molecule has 0 saturated carbocycles. The van der Waals surface area contributed by atoms with Gasteiger partial charge in [-0.2, -0.15) is 0 Å². The fourth-order valence-corrected chi connectivity index (χ4v) is 4.85. The first-order valence-electron chi connectivity index (χ1n) is 12.6. The fraction of sp³-hybridized carbons (Fsp3) is 0.387. The van der Waals surface area contributed by atoms with Gasteiger partial charge in [0.2, 0.25) is 0 Å². The van der Waals surface area contributed by atoms with Crippen LogP contribution in [0.1, 0.15) is 46.1 Å². The van der Waals surface area contributed by atoms with Crippen LogP contribution in [0.25, 0.3) is 0 Å². The highest BCUT2D eigenvalue weighted by Crippen LogP contribution is 2.47. The van der Waals surface area contributed by atoms with Crippen LogP contribution in [-0.2, 0) is 5.41 Å². The molecule has 186 valence electrons. The zero-order valence-corrected chi connectivity index (χ0v) is 21.7. The van der Waals surface area contributed by atoms with Gasteiger partial charge in [0.05, 0.1) is 5.41 Å². The maximum absolute atomic E-state index is 9.43. The molecule has 2 heterocycles. The van der Waals surface area contributed by atoms with Crippen LogP contribution in [0.3, 0.4) is 0 Å². The highest BCUT2D eigenvalue weighted by Gasteiger charge is 2.39. The molecule has 2 aliphatic heterocycles. The topological polar surface area (TPSA) is 46.7 Å². The molecule has 0 atom stereocenters. The average molecular weight is 474 g/mol. The minimum atomic E-state index is -0.240. The maximum Gasteiger partial charge on any atom is 0.191 e. The molecule has 0 fully saturated rings. The molecule has 0 bridgehead atoms. The molecule has 4 heteroatoms. The molecule has 4 nitrogen and oxygen atoms in total. The fourth-order valence-electron chi connectivity index (χ4n) is 4.85. The Hall–Kier alpha value is -2.95. The molecule has 35 heavy (non-hydrogen) atoms. The summed E-state index contributed by atoms with van der Waals surface area (Å²) in [6.07, 6.45) is 20.2. The van der Waals surface area contributed by atoms with Crippen molar-refractivity contribution in [2.45, 2.75) is 46.0 Å². The Labute approximate surface area is 211 Å². The van der Waals surface area contributed by atoms with E-state index in [0.29, 0.717) is 6.42 Å². The minimum Gasteiger partial charge on any atom is -0.396 e. The normalized spacial score (nSPS) is 24.2. The first kappa shape index (κ1) is 26.7. The summed E-state index contributed by atoms with van der Waals surface area (Å²) < 4.78 is 2.21. The third kappa shape index (κ3) is 5.83. The van der Waals surface area contributed by atoms with Crippen LogP contribution in [-0.4, -0.2) is 46.8 Å². The van der Waals surface area contributed by atoms with Crippen LogP contribution in [0.4, 0.5) is 5.69 Å². The highest BCUT2D eigenvalue weighted by atomic mass is 16.3. The molecule has 1 aromatic carbocycles. The number of para-hydroxylation sites is 1. The van der Waals surface area contributed by atoms with Gasteiger partial charge in [-0.05, 0) is 43.5 Å². The molecule has 2 N–H and O–H groups in total. The Balaban J connectivity index is 1.91. The van der Waals surface area contributed by atoms with Gasteiger partial charge in [-0.1, -0.05) is 69.0 Å². The molecule has 0 aromatic heterocycles. The van der Waals surface area contributed by atoms with E-state index in [0.717, 1.165) is 30.8 Å². The SMILES string of the molecule is C=C1\C=C/C=C\[N+](CCCO)=C(\C=C\C=C\C=C2\N(CCCO)c3ccccc3C2(C)C)C1(C)C. The van der Waals surface area contributed by atoms with Crippen molar-refractivity contribution >= 4 is 11.4 Å². The zero-order valence-electron chi connectivity index (χ0n) is 21.7. The summed E-state index contributed by atoms with van der Waals surface area (Å²) in [4.78, 5) is 2.34. The molecule has 0 saturated heterocycles. The van der Waals surface area contributed by atoms with E-state index in [1.165, 1.54) is 16.9 Å². The predicted octanol–water partition coefficient (Wildman–Crippen LogP) is 5.66. The third-order valence-electron chi connectivity index (χ3n) is 7.05. The lowest BCUT2D eigenvalue weighted by Gasteiger charge is -2.26. The number of nitrogens with zero attached hydrogens (tertiary/aromatic N) is 2. The van der Waals surface area contributed by atoms with E-state index in [1.807, 2.05) is 12.2 Å². The summed E-state index contributed by atoms with van der Waals surface area (Å²) in [6.45, 7) is 15.1. The Bertz CT molecular complexity index is 1100. The maximum atomic E-state index is 9.43. The van der Waals surface area contributed by atoms with Crippen LogP contribution in [0.2, 0.25) is 0 Å². The molecule has 0 spiro atoms. The number of hydrogen-bond acceptors (Lipinski definition) is 3. The van der Waals surface area contributed by atoms with Crippen molar-refractivity contribution in [1.29, 1.82) is 0 Å². The lowest BCUT2D eigenvalue weighted by molar-refractivity contribution is -0.460. The first-order valence-corrected chi connectivity index (χ1v) is 12.6. The van der Waals surface area contributed by atoms with Crippen molar-refractivity contribution in [3.8, 4) is 0 Å². The smallest absolute Gasteiger partial charge is 0.191 e. The monoisotopic (exact) mass is 473 g/mol. The van der Waals surface area contributed by atoms with Gasteiger partial charge in [-0.25, -0.2) is 4.58 Å². The molecule has 0 radical (unpaired) electrons. The quantitative estimate of drug-likeness (QED) is 0.359. The van der Waals surface area contributed by atoms with Gasteiger partial charge in [-0.15, -0.1) is 0 Å². The molecular weight excluding hydrogens is 432 g/mol. The van der Waals surface area contributed by atoms with Crippen LogP contribution in [0.5, 0.6) is 0 Å². The average Bonchev–Trinajstić information content (AvgIpc) is 3.05. The van der Waals surface area contributed by atoms with Gasteiger partial charge in [0.25, 0.3) is 0 Å². The van der Waals surface area contributed by atoms with Crippen LogP contribution in [0, 0.1) is 5.41 Å². The van der Waals surface area contributed by atoms with Gasteiger partial charge in [0, 0.05) is 55.1 Å². The van der Waals surface area contributed by atoms with E-state index >= 15 is 0 Å². The van der Waals surface area contributed by atoms with Crippen molar-refractivity contribution in [2.24, 2.45) is 5.41 Å². The van der Waals surface area contributed by atoms with Gasteiger partial charge in [0.15, 0.2) is 18.5 Å². The van der Waals surface area contributed by atoms with Crippen LogP contribution in [0.15, 0.2) is 96.9 Å². The Morgan fingerprint density at radius 1 is 0.943 bits per heavy atom. The second kappa shape index (κ2) is 11.7. The summed E-state index contributed by atoms with van der Waals surface area (Å²) in [7, 11) is 0. The van der Waals surface area contributed by atoms with Crippen molar-refractivity contribution in [3.05, 3.63) is 102 Å². The number of hydrogen-bond donors (Lipinski definition) is 2. The second-order valence-electron chi connectivity index (χ2n) is 10.2. The van der Waals surface area contributed by atoms with Crippen molar-refractivity contribution < 1.29 is 14.8 Å². The first-order chi connectivity index (χ1) is 16.7. The summed E-state index contributed by atoms with van der Waals surface area (Å²) >= 11 is 0. The predicted molar refractivity (Wildman–Crippen MR) is 148 cm³/mol. The summed E-state index contributed by atoms with van der Waals surface area (Å²) in [6, 6.07) is 8.55. The number of aliphatic hydroxyl groups is 2. The Morgan fingerprint density at radius 3 is 2.43 bits per heavy atom. The molecule has 0 aliphatic carbocycles. The summed E-state index contributed by atoms with van der Waals surface area (Å²) in [5.74, 6) is 0. The van der Waals surface area contributed by atoms with E-state index in [4.69, 9.17) is 0 Å². The molecule has 3 rings (SSSR count). The van der Waals surface area contributed by atoms with Gasteiger partial charge in [0.1, 0.15) is 0 Å². The van der Waals surface area contributed by atoms with Crippen molar-refractivity contribution in [3.63, 3.8) is 0 Å². The second-order valence-corrected chi connectivity index (χ2v) is 10.2. The van der Waals surface area contributed by atoms with Gasteiger partial charge in [-0.3, -0.25) is 0 Å². The summed E-state index contributed by atoms with van der Waals surface area (Å²) in [5.41, 5.74) is 5.63. The number of benzene rings is 1. The van der Waals surface area contributed by atoms with Crippen molar-refractivity contribution in [1.82, 2.24) is 0 Å². The molecule has 0 unspecified atom stereocenters. The molecular formula is C31H41N2O2+. The largest absolute Gasteiger partial charge is 0.396 e. The third-order valence-corrected chi connectivity index (χ3v) is 7.05. The summed E-state index contributed by atoms with van der Waals surface area (Å²) in [5, 5.41) is 18.8. The van der Waals surface area contributed by atoms with Crippen molar-refractivity contribution in [2.75, 3.05) is 31.2 Å². The van der Waals surface area contributed by atoms with E-state index < -0.39 is 0 Å². The zero-order chi connectivity index (χ0) is 25.5. The number of rotatable bonds is 9. The van der Waals surface area contributed by atoms with Gasteiger partial charge >= 0.3 is 0 Å². The van der Waals surface area contributed by atoms with E-state index in [2.05, 4.69) is 111 Å². The van der Waals surface area contributed by atoms with Gasteiger partial charge < -0.3 is 15.1 Å². The number of anilines is 1. The van der Waals surface area contributed by atoms with E-state index in [1.54, 1.807) is 0 Å². The van der Waals surface area contributed by atoms with E-state index in [9.17, 15) is 10.2 Å². The van der Waals surface area contributed by atoms with E-state index in [-0.39, 0.29) is 24.0 Å². The Kier molecular flexibility index (Phi) is 8.87. The van der Waals surface area contributed by atoms with Crippen LogP contribution >= 0.6 is 0 Å². The highest BCUT2D eigenvalue weighted by molar-refractivity contribution is 5.98.